The van der Waals surface area contributed by atoms with Gasteiger partial charge < -0.3 is 0 Å². The SMILES string of the molecule is C=C(C)C1CC=C(C=Nc2cccnc2)CC1. The maximum absolute atomic E-state index is 4.42. The molecule has 2 rings (SSSR count). The average molecular weight is 226 g/mol. The summed E-state index contributed by atoms with van der Waals surface area (Å²) in [6.07, 6.45) is 11.2. The topological polar surface area (TPSA) is 25.2 Å². The first-order valence-electron chi connectivity index (χ1n) is 6.04. The maximum atomic E-state index is 4.42. The lowest BCUT2D eigenvalue weighted by molar-refractivity contribution is 0.549. The van der Waals surface area contributed by atoms with Crippen LogP contribution in [0.15, 0.2) is 53.3 Å². The van der Waals surface area contributed by atoms with Gasteiger partial charge in [0.1, 0.15) is 0 Å². The Labute approximate surface area is 103 Å². The second kappa shape index (κ2) is 5.58. The zero-order valence-electron chi connectivity index (χ0n) is 10.3. The molecule has 0 radical (unpaired) electrons. The van der Waals surface area contributed by atoms with Gasteiger partial charge in [-0.2, -0.15) is 0 Å². The molecule has 2 nitrogen and oxygen atoms in total. The van der Waals surface area contributed by atoms with Crippen LogP contribution < -0.4 is 0 Å². The molecule has 88 valence electrons. The summed E-state index contributed by atoms with van der Waals surface area (Å²) in [5.41, 5.74) is 3.53. The van der Waals surface area contributed by atoms with Gasteiger partial charge in [0.2, 0.25) is 0 Å². The number of rotatable bonds is 3. The van der Waals surface area contributed by atoms with Crippen molar-refractivity contribution in [3.05, 3.63) is 48.3 Å². The summed E-state index contributed by atoms with van der Waals surface area (Å²) in [4.78, 5) is 8.46. The minimum absolute atomic E-state index is 0.658. The van der Waals surface area contributed by atoms with E-state index in [9.17, 15) is 0 Å². The third-order valence-electron chi connectivity index (χ3n) is 3.17. The smallest absolute Gasteiger partial charge is 0.0812 e. The first-order valence-corrected chi connectivity index (χ1v) is 6.04. The number of nitrogens with zero attached hydrogens (tertiary/aromatic N) is 2. The van der Waals surface area contributed by atoms with Crippen molar-refractivity contribution < 1.29 is 0 Å². The second-order valence-electron chi connectivity index (χ2n) is 4.57. The summed E-state index contributed by atoms with van der Waals surface area (Å²) >= 11 is 0. The van der Waals surface area contributed by atoms with Crippen LogP contribution in [0, 0.1) is 5.92 Å². The summed E-state index contributed by atoms with van der Waals surface area (Å²) in [6, 6.07) is 3.86. The number of hydrogen-bond donors (Lipinski definition) is 0. The molecule has 0 aromatic carbocycles. The van der Waals surface area contributed by atoms with E-state index in [1.54, 1.807) is 12.4 Å². The van der Waals surface area contributed by atoms with E-state index < -0.39 is 0 Å². The normalized spacial score (nSPS) is 20.3. The van der Waals surface area contributed by atoms with E-state index in [4.69, 9.17) is 0 Å². The van der Waals surface area contributed by atoms with E-state index in [0.717, 1.165) is 18.5 Å². The van der Waals surface area contributed by atoms with Crippen LogP contribution in [0.3, 0.4) is 0 Å². The van der Waals surface area contributed by atoms with E-state index in [2.05, 4.69) is 29.6 Å². The highest BCUT2D eigenvalue weighted by atomic mass is 14.8. The largest absolute Gasteiger partial charge is 0.262 e. The standard InChI is InChI=1S/C15H18N2/c1-12(2)14-7-5-13(6-8-14)10-17-15-4-3-9-16-11-15/h3-5,9-11,14H,1,6-8H2,2H3. The molecule has 17 heavy (non-hydrogen) atoms. The molecule has 2 heteroatoms. The Hall–Kier alpha value is -1.70. The van der Waals surface area contributed by atoms with Gasteiger partial charge in [0.05, 0.1) is 11.9 Å². The molecule has 0 amide bonds. The third kappa shape index (κ3) is 3.38. The van der Waals surface area contributed by atoms with E-state index in [1.807, 2.05) is 18.3 Å². The summed E-state index contributed by atoms with van der Waals surface area (Å²) in [5.74, 6) is 0.658. The van der Waals surface area contributed by atoms with Gasteiger partial charge in [0.25, 0.3) is 0 Å². The molecular formula is C15H18N2. The highest BCUT2D eigenvalue weighted by Crippen LogP contribution is 2.27. The van der Waals surface area contributed by atoms with Crippen molar-refractivity contribution in [2.75, 3.05) is 0 Å². The van der Waals surface area contributed by atoms with Crippen LogP contribution in [-0.4, -0.2) is 11.2 Å². The summed E-state index contributed by atoms with van der Waals surface area (Å²) in [5, 5.41) is 0. The van der Waals surface area contributed by atoms with Crippen molar-refractivity contribution in [1.29, 1.82) is 0 Å². The molecular weight excluding hydrogens is 208 g/mol. The zero-order chi connectivity index (χ0) is 12.1. The molecule has 0 N–H and O–H groups in total. The molecule has 0 aliphatic heterocycles. The Bertz CT molecular complexity index is 443. The van der Waals surface area contributed by atoms with Crippen LogP contribution >= 0.6 is 0 Å². The maximum Gasteiger partial charge on any atom is 0.0812 e. The summed E-state index contributed by atoms with van der Waals surface area (Å²) < 4.78 is 0. The monoisotopic (exact) mass is 226 g/mol. The van der Waals surface area contributed by atoms with Gasteiger partial charge in [-0.05, 0) is 49.8 Å². The van der Waals surface area contributed by atoms with Gasteiger partial charge in [-0.3, -0.25) is 9.98 Å². The molecule has 0 spiro atoms. The second-order valence-corrected chi connectivity index (χ2v) is 4.57. The van der Waals surface area contributed by atoms with E-state index in [1.165, 1.54) is 17.6 Å². The van der Waals surface area contributed by atoms with Gasteiger partial charge in [-0.1, -0.05) is 18.2 Å². The molecule has 1 aromatic heterocycles. The van der Waals surface area contributed by atoms with Gasteiger partial charge in [0, 0.05) is 12.4 Å². The van der Waals surface area contributed by atoms with Crippen LogP contribution in [0.1, 0.15) is 26.2 Å². The fourth-order valence-corrected chi connectivity index (χ4v) is 2.01. The zero-order valence-corrected chi connectivity index (χ0v) is 10.3. The predicted molar refractivity (Wildman–Crippen MR) is 72.6 cm³/mol. The Kier molecular flexibility index (Phi) is 3.86. The van der Waals surface area contributed by atoms with Crippen molar-refractivity contribution in [3.8, 4) is 0 Å². The molecule has 1 unspecified atom stereocenters. The lowest BCUT2D eigenvalue weighted by atomic mass is 9.86. The Morgan fingerprint density at radius 1 is 1.59 bits per heavy atom. The fourth-order valence-electron chi connectivity index (χ4n) is 2.01. The van der Waals surface area contributed by atoms with Crippen LogP contribution in [0.2, 0.25) is 0 Å². The van der Waals surface area contributed by atoms with Crippen LogP contribution in [-0.2, 0) is 0 Å². The quantitative estimate of drug-likeness (QED) is 0.563. The van der Waals surface area contributed by atoms with Gasteiger partial charge in [-0.25, -0.2) is 0 Å². The molecule has 1 aliphatic carbocycles. The van der Waals surface area contributed by atoms with Crippen LogP contribution in [0.25, 0.3) is 0 Å². The first kappa shape index (κ1) is 11.8. The van der Waals surface area contributed by atoms with Crippen molar-refractivity contribution in [3.63, 3.8) is 0 Å². The van der Waals surface area contributed by atoms with Gasteiger partial charge in [-0.15, -0.1) is 0 Å². The Balaban J connectivity index is 1.97. The molecule has 1 atom stereocenters. The molecule has 1 aromatic rings. The third-order valence-corrected chi connectivity index (χ3v) is 3.17. The molecule has 1 aliphatic rings. The molecule has 0 fully saturated rings. The van der Waals surface area contributed by atoms with Gasteiger partial charge in [0.15, 0.2) is 0 Å². The molecule has 0 saturated heterocycles. The first-order chi connectivity index (χ1) is 8.25. The average Bonchev–Trinajstić information content (AvgIpc) is 2.38. The predicted octanol–water partition coefficient (Wildman–Crippen LogP) is 4.09. The number of aliphatic imine (C=N–C) groups is 1. The van der Waals surface area contributed by atoms with E-state index >= 15 is 0 Å². The fraction of sp³-hybridized carbons (Fsp3) is 0.333. The highest BCUT2D eigenvalue weighted by Gasteiger charge is 2.13. The molecule has 1 heterocycles. The molecule has 0 bridgehead atoms. The Morgan fingerprint density at radius 2 is 2.47 bits per heavy atom. The van der Waals surface area contributed by atoms with Gasteiger partial charge >= 0.3 is 0 Å². The van der Waals surface area contributed by atoms with Crippen molar-refractivity contribution >= 4 is 11.9 Å². The van der Waals surface area contributed by atoms with Crippen molar-refractivity contribution in [2.24, 2.45) is 10.9 Å². The lowest BCUT2D eigenvalue weighted by Crippen LogP contribution is -2.06. The number of aromatic nitrogens is 1. The summed E-state index contributed by atoms with van der Waals surface area (Å²) in [7, 11) is 0. The number of allylic oxidation sites excluding steroid dienone is 3. The summed E-state index contributed by atoms with van der Waals surface area (Å²) in [6.45, 7) is 6.14. The van der Waals surface area contributed by atoms with Crippen molar-refractivity contribution in [1.82, 2.24) is 4.98 Å². The Morgan fingerprint density at radius 3 is 3.06 bits per heavy atom. The van der Waals surface area contributed by atoms with Crippen molar-refractivity contribution in [2.45, 2.75) is 26.2 Å². The lowest BCUT2D eigenvalue weighted by Gasteiger charge is -2.20. The minimum Gasteiger partial charge on any atom is -0.262 e. The van der Waals surface area contributed by atoms with Crippen LogP contribution in [0.5, 0.6) is 0 Å². The van der Waals surface area contributed by atoms with E-state index in [-0.39, 0.29) is 0 Å². The van der Waals surface area contributed by atoms with Crippen LogP contribution in [0.4, 0.5) is 5.69 Å². The minimum atomic E-state index is 0.658. The number of pyridine rings is 1. The highest BCUT2D eigenvalue weighted by molar-refractivity contribution is 5.81. The number of hydrogen-bond acceptors (Lipinski definition) is 2. The molecule has 0 saturated carbocycles. The van der Waals surface area contributed by atoms with E-state index in [0.29, 0.717) is 5.92 Å².